The molecule has 0 bridgehead atoms. The van der Waals surface area contributed by atoms with Gasteiger partial charge in [-0.1, -0.05) is 54.1 Å². The zero-order chi connectivity index (χ0) is 26.9. The molecular weight excluding hydrogens is 617 g/mol. The number of halogens is 2. The number of nitrogen functional groups attached to an aromatic ring is 1. The minimum absolute atomic E-state index is 0.00375. The number of anilines is 2. The van der Waals surface area contributed by atoms with Crippen LogP contribution < -0.4 is 22.1 Å². The first kappa shape index (κ1) is 28.0. The Morgan fingerprint density at radius 2 is 1.68 bits per heavy atom. The molecule has 2 aromatic carbocycles. The molecular formula is C26H31ClIN9O. The molecule has 0 aliphatic carbocycles. The first-order chi connectivity index (χ1) is 18.4. The van der Waals surface area contributed by atoms with Crippen LogP contribution in [-0.4, -0.2) is 70.9 Å². The number of carbonyl (C=O) groups is 1. The summed E-state index contributed by atoms with van der Waals surface area (Å²) in [5.41, 5.74) is 14.1. The van der Waals surface area contributed by atoms with Gasteiger partial charge in [-0.05, 0) is 45.9 Å². The zero-order valence-corrected chi connectivity index (χ0v) is 23.8. The topological polar surface area (TPSA) is 138 Å². The van der Waals surface area contributed by atoms with Gasteiger partial charge in [-0.25, -0.2) is 9.97 Å². The number of amides is 1. The van der Waals surface area contributed by atoms with Gasteiger partial charge in [0.25, 0.3) is 0 Å². The van der Waals surface area contributed by atoms with E-state index in [0.29, 0.717) is 18.9 Å². The first-order valence-corrected chi connectivity index (χ1v) is 13.8. The quantitative estimate of drug-likeness (QED) is 0.157. The molecule has 200 valence electrons. The zero-order valence-electron chi connectivity index (χ0n) is 20.9. The number of hydrogen-bond acceptors (Lipinski definition) is 7. The first-order valence-electron chi connectivity index (χ1n) is 12.3. The number of piperazine rings is 1. The third-order valence-electron chi connectivity index (χ3n) is 6.13. The van der Waals surface area contributed by atoms with E-state index in [9.17, 15) is 4.79 Å². The highest BCUT2D eigenvalue weighted by atomic mass is 127. The number of nitrogens with one attached hydrogen (secondary N) is 2. The Balaban J connectivity index is 1.22. The summed E-state index contributed by atoms with van der Waals surface area (Å²) >= 11 is 8.49. The van der Waals surface area contributed by atoms with Gasteiger partial charge in [-0.2, -0.15) is 4.99 Å². The van der Waals surface area contributed by atoms with Crippen LogP contribution in [0.25, 0.3) is 0 Å². The summed E-state index contributed by atoms with van der Waals surface area (Å²) in [6.45, 7) is 6.75. The van der Waals surface area contributed by atoms with Crippen LogP contribution >= 0.6 is 34.2 Å². The Labute approximate surface area is 241 Å². The van der Waals surface area contributed by atoms with Crippen molar-refractivity contribution in [3.63, 3.8) is 0 Å². The number of guanidine groups is 1. The molecule has 38 heavy (non-hydrogen) atoms. The second-order valence-electron chi connectivity index (χ2n) is 8.91. The molecule has 3 aromatic rings. The van der Waals surface area contributed by atoms with Crippen molar-refractivity contribution in [2.75, 3.05) is 50.3 Å². The summed E-state index contributed by atoms with van der Waals surface area (Å²) in [5.74, 6) is -0.496. The molecule has 1 amide bonds. The van der Waals surface area contributed by atoms with Crippen molar-refractivity contribution in [3.05, 3.63) is 80.1 Å². The lowest BCUT2D eigenvalue weighted by atomic mass is 10.2. The second kappa shape index (κ2) is 13.7. The van der Waals surface area contributed by atoms with Crippen molar-refractivity contribution < 1.29 is 4.79 Å². The molecule has 1 fully saturated rings. The predicted molar refractivity (Wildman–Crippen MR) is 160 cm³/mol. The standard InChI is InChI=1S/C26H31ClIN9O/c27-22-24(32-16-18-6-8-20(28)9-7-18)34-23(29)21(33-22)25(38)35-26(30)31-10-11-36-12-14-37(15-13-36)17-19-4-2-1-3-5-19/h1-9H,10-17H2,(H3,29,32,34)(H3,30,31,35,38). The maximum atomic E-state index is 12.6. The fraction of sp³-hybridized carbons (Fsp3) is 0.308. The van der Waals surface area contributed by atoms with Gasteiger partial charge >= 0.3 is 5.91 Å². The number of carbonyl (C=O) groups excluding carboxylic acids is 1. The number of nitrogens with two attached hydrogens (primary N) is 2. The molecule has 0 saturated carbocycles. The Morgan fingerprint density at radius 1 is 1.00 bits per heavy atom. The van der Waals surface area contributed by atoms with E-state index in [1.807, 2.05) is 30.3 Å². The number of nitrogens with zero attached hydrogens (tertiary/aromatic N) is 5. The molecule has 1 aliphatic heterocycles. The lowest BCUT2D eigenvalue weighted by Gasteiger charge is -2.34. The lowest BCUT2D eigenvalue weighted by molar-refractivity contribution is 0.0998. The highest BCUT2D eigenvalue weighted by molar-refractivity contribution is 14.1. The smallest absolute Gasteiger partial charge is 0.302 e. The van der Waals surface area contributed by atoms with Crippen LogP contribution in [0.15, 0.2) is 59.6 Å². The van der Waals surface area contributed by atoms with E-state index in [-0.39, 0.29) is 22.6 Å². The van der Waals surface area contributed by atoms with Gasteiger partial charge in [0.05, 0.1) is 0 Å². The number of aliphatic imine (C=N–C) groups is 1. The van der Waals surface area contributed by atoms with Crippen molar-refractivity contribution in [1.29, 1.82) is 0 Å². The average Bonchev–Trinajstić information content (AvgIpc) is 2.91. The van der Waals surface area contributed by atoms with Crippen molar-refractivity contribution in [1.82, 2.24) is 25.1 Å². The van der Waals surface area contributed by atoms with Crippen molar-refractivity contribution in [3.8, 4) is 0 Å². The Morgan fingerprint density at radius 3 is 2.39 bits per heavy atom. The van der Waals surface area contributed by atoms with Gasteiger partial charge in [0.1, 0.15) is 0 Å². The number of hydrogen-bond donors (Lipinski definition) is 4. The molecule has 0 spiro atoms. The third kappa shape index (κ3) is 8.25. The Kier molecular flexibility index (Phi) is 10.1. The van der Waals surface area contributed by atoms with Crippen LogP contribution in [0.4, 0.5) is 11.6 Å². The fourth-order valence-corrected chi connectivity index (χ4v) is 4.60. The fourth-order valence-electron chi connectivity index (χ4n) is 4.04. The van der Waals surface area contributed by atoms with Crippen LogP contribution in [0.1, 0.15) is 21.6 Å². The Hall–Kier alpha value is -3.00. The Bertz CT molecular complexity index is 1250. The molecule has 0 radical (unpaired) electrons. The number of benzene rings is 2. The van der Waals surface area contributed by atoms with E-state index in [1.54, 1.807) is 0 Å². The van der Waals surface area contributed by atoms with Crippen LogP contribution in [0, 0.1) is 3.57 Å². The van der Waals surface area contributed by atoms with E-state index >= 15 is 0 Å². The largest absolute Gasteiger partial charge is 0.382 e. The minimum Gasteiger partial charge on any atom is -0.382 e. The molecule has 0 unspecified atom stereocenters. The van der Waals surface area contributed by atoms with Gasteiger partial charge in [-0.3, -0.25) is 14.6 Å². The summed E-state index contributed by atoms with van der Waals surface area (Å²) in [4.78, 5) is 29.6. The maximum Gasteiger partial charge on any atom is 0.302 e. The summed E-state index contributed by atoms with van der Waals surface area (Å²) in [7, 11) is 0. The predicted octanol–water partition coefficient (Wildman–Crippen LogP) is 2.79. The molecule has 0 atom stereocenters. The third-order valence-corrected chi connectivity index (χ3v) is 7.11. The molecule has 1 aromatic heterocycles. The van der Waals surface area contributed by atoms with Gasteiger partial charge in [0.15, 0.2) is 28.4 Å². The lowest BCUT2D eigenvalue weighted by Crippen LogP contribution is -2.48. The SMILES string of the molecule is N/C(=N\C(=O)c1nc(Cl)c(NCc2ccc(I)cc2)nc1N)NCCN1CCN(Cc2ccccc2)CC1. The van der Waals surface area contributed by atoms with Crippen LogP contribution in [0.5, 0.6) is 0 Å². The highest BCUT2D eigenvalue weighted by Crippen LogP contribution is 2.22. The molecule has 4 rings (SSSR count). The van der Waals surface area contributed by atoms with E-state index in [0.717, 1.165) is 48.4 Å². The average molecular weight is 648 g/mol. The van der Waals surface area contributed by atoms with Crippen molar-refractivity contribution in [2.45, 2.75) is 13.1 Å². The molecule has 2 heterocycles. The van der Waals surface area contributed by atoms with Crippen LogP contribution in [0.3, 0.4) is 0 Å². The van der Waals surface area contributed by atoms with E-state index in [1.165, 1.54) is 5.56 Å². The minimum atomic E-state index is -0.708. The second-order valence-corrected chi connectivity index (χ2v) is 10.5. The van der Waals surface area contributed by atoms with Gasteiger partial charge in [-0.15, -0.1) is 0 Å². The molecule has 12 heteroatoms. The maximum absolute atomic E-state index is 12.6. The summed E-state index contributed by atoms with van der Waals surface area (Å²) in [6.07, 6.45) is 0. The van der Waals surface area contributed by atoms with E-state index in [4.69, 9.17) is 23.1 Å². The summed E-state index contributed by atoms with van der Waals surface area (Å²) < 4.78 is 1.14. The number of aromatic nitrogens is 2. The van der Waals surface area contributed by atoms with Gasteiger partial charge < -0.3 is 22.1 Å². The van der Waals surface area contributed by atoms with E-state index < -0.39 is 5.91 Å². The summed E-state index contributed by atoms with van der Waals surface area (Å²) in [6, 6.07) is 18.5. The number of rotatable bonds is 9. The molecule has 6 N–H and O–H groups in total. The van der Waals surface area contributed by atoms with Crippen LogP contribution in [0.2, 0.25) is 5.15 Å². The van der Waals surface area contributed by atoms with Crippen molar-refractivity contribution in [2.24, 2.45) is 10.7 Å². The monoisotopic (exact) mass is 647 g/mol. The molecule has 10 nitrogen and oxygen atoms in total. The normalized spacial score (nSPS) is 14.8. The molecule has 1 saturated heterocycles. The highest BCUT2D eigenvalue weighted by Gasteiger charge is 2.18. The van der Waals surface area contributed by atoms with Gasteiger partial charge in [0, 0.05) is 55.9 Å². The van der Waals surface area contributed by atoms with Gasteiger partial charge in [0.2, 0.25) is 0 Å². The molecule has 1 aliphatic rings. The van der Waals surface area contributed by atoms with E-state index in [2.05, 4.69) is 82.3 Å². The van der Waals surface area contributed by atoms with Crippen LogP contribution in [-0.2, 0) is 13.1 Å². The van der Waals surface area contributed by atoms with Crippen molar-refractivity contribution >= 4 is 57.7 Å². The summed E-state index contributed by atoms with van der Waals surface area (Å²) in [5, 5.41) is 6.11.